The van der Waals surface area contributed by atoms with E-state index < -0.39 is 0 Å². The molecule has 86 valence electrons. The number of carbonyl (C=O) groups excluding carboxylic acids is 1. The van der Waals surface area contributed by atoms with E-state index in [4.69, 9.17) is 9.84 Å². The van der Waals surface area contributed by atoms with Gasteiger partial charge in [0.05, 0.1) is 18.9 Å². The van der Waals surface area contributed by atoms with Crippen LogP contribution < -0.4 is 4.74 Å². The number of pyridine rings is 1. The molecule has 0 saturated carbocycles. The zero-order chi connectivity index (χ0) is 11.5. The van der Waals surface area contributed by atoms with Gasteiger partial charge in [0.1, 0.15) is 5.75 Å². The number of aliphatic hydroxyl groups is 1. The summed E-state index contributed by atoms with van der Waals surface area (Å²) in [5.74, 6) is 0.640. The standard InChI is InChI=1S/C11H14N2O3/c1-16-10-4-12-3-2-9(10)11(15)13-5-8(6-13)7-14/h2-4,8,14H,5-7H2,1H3. The Labute approximate surface area is 93.7 Å². The topological polar surface area (TPSA) is 62.7 Å². The maximum Gasteiger partial charge on any atom is 0.257 e. The number of hydrogen-bond acceptors (Lipinski definition) is 4. The van der Waals surface area contributed by atoms with Crippen LogP contribution >= 0.6 is 0 Å². The summed E-state index contributed by atoms with van der Waals surface area (Å²) in [5.41, 5.74) is 0.522. The molecule has 0 radical (unpaired) electrons. The number of methoxy groups -OCH3 is 1. The molecule has 1 N–H and O–H groups in total. The minimum atomic E-state index is -0.0658. The maximum atomic E-state index is 12.0. The van der Waals surface area contributed by atoms with E-state index in [1.165, 1.54) is 13.3 Å². The van der Waals surface area contributed by atoms with E-state index in [9.17, 15) is 4.79 Å². The molecule has 2 rings (SSSR count). The molecule has 0 bridgehead atoms. The van der Waals surface area contributed by atoms with E-state index >= 15 is 0 Å². The lowest BCUT2D eigenvalue weighted by molar-refractivity contribution is 0.0359. The monoisotopic (exact) mass is 222 g/mol. The summed E-state index contributed by atoms with van der Waals surface area (Å²) in [6, 6.07) is 1.65. The fraction of sp³-hybridized carbons (Fsp3) is 0.455. The Hall–Kier alpha value is -1.62. The lowest BCUT2D eigenvalue weighted by atomic mass is 10.00. The lowest BCUT2D eigenvalue weighted by Gasteiger charge is -2.38. The second-order valence-corrected chi connectivity index (χ2v) is 3.83. The number of aromatic nitrogens is 1. The van der Waals surface area contributed by atoms with Crippen molar-refractivity contribution in [2.75, 3.05) is 26.8 Å². The van der Waals surface area contributed by atoms with Crippen LogP contribution in [-0.4, -0.2) is 47.7 Å². The number of aliphatic hydroxyl groups excluding tert-OH is 1. The molecule has 2 heterocycles. The average molecular weight is 222 g/mol. The number of carbonyl (C=O) groups is 1. The van der Waals surface area contributed by atoms with E-state index in [0.717, 1.165) is 0 Å². The molecule has 0 aliphatic carbocycles. The number of likely N-dealkylation sites (tertiary alicyclic amines) is 1. The molecule has 1 fully saturated rings. The molecular weight excluding hydrogens is 208 g/mol. The fourth-order valence-electron chi connectivity index (χ4n) is 1.74. The number of hydrogen-bond donors (Lipinski definition) is 1. The van der Waals surface area contributed by atoms with Gasteiger partial charge in [-0.05, 0) is 6.07 Å². The Kier molecular flexibility index (Phi) is 3.05. The highest BCUT2D eigenvalue weighted by Crippen LogP contribution is 2.23. The van der Waals surface area contributed by atoms with Crippen LogP contribution in [0.25, 0.3) is 0 Å². The van der Waals surface area contributed by atoms with Crippen molar-refractivity contribution in [1.82, 2.24) is 9.88 Å². The molecule has 16 heavy (non-hydrogen) atoms. The van der Waals surface area contributed by atoms with Crippen LogP contribution in [0.15, 0.2) is 18.5 Å². The highest BCUT2D eigenvalue weighted by Gasteiger charge is 2.31. The summed E-state index contributed by atoms with van der Waals surface area (Å²) >= 11 is 0. The van der Waals surface area contributed by atoms with Gasteiger partial charge in [0.15, 0.2) is 0 Å². The summed E-state index contributed by atoms with van der Waals surface area (Å²) in [5, 5.41) is 8.88. The van der Waals surface area contributed by atoms with Gasteiger partial charge in [0, 0.05) is 31.8 Å². The van der Waals surface area contributed by atoms with Crippen LogP contribution in [-0.2, 0) is 0 Å². The zero-order valence-electron chi connectivity index (χ0n) is 9.09. The Morgan fingerprint density at radius 3 is 3.06 bits per heavy atom. The number of rotatable bonds is 3. The van der Waals surface area contributed by atoms with E-state index in [-0.39, 0.29) is 18.4 Å². The SMILES string of the molecule is COc1cnccc1C(=O)N1CC(CO)C1. The first-order chi connectivity index (χ1) is 7.76. The number of nitrogens with zero attached hydrogens (tertiary/aromatic N) is 2. The first-order valence-corrected chi connectivity index (χ1v) is 5.14. The Morgan fingerprint density at radius 2 is 2.44 bits per heavy atom. The quantitative estimate of drug-likeness (QED) is 0.791. The highest BCUT2D eigenvalue weighted by atomic mass is 16.5. The second kappa shape index (κ2) is 4.49. The largest absolute Gasteiger partial charge is 0.494 e. The first-order valence-electron chi connectivity index (χ1n) is 5.14. The number of amides is 1. The third-order valence-electron chi connectivity index (χ3n) is 2.74. The molecule has 0 aromatic carbocycles. The van der Waals surface area contributed by atoms with Gasteiger partial charge in [-0.2, -0.15) is 0 Å². The summed E-state index contributed by atoms with van der Waals surface area (Å²) in [6.45, 7) is 1.36. The lowest BCUT2D eigenvalue weighted by Crippen LogP contribution is -2.51. The summed E-state index contributed by atoms with van der Waals surface area (Å²) in [4.78, 5) is 17.6. The van der Waals surface area contributed by atoms with Gasteiger partial charge in [0.25, 0.3) is 5.91 Å². The van der Waals surface area contributed by atoms with Crippen LogP contribution in [0.3, 0.4) is 0 Å². The third kappa shape index (κ3) is 1.86. The van der Waals surface area contributed by atoms with E-state index in [0.29, 0.717) is 24.4 Å². The summed E-state index contributed by atoms with van der Waals surface area (Å²) < 4.78 is 5.08. The number of ether oxygens (including phenoxy) is 1. The molecular formula is C11H14N2O3. The van der Waals surface area contributed by atoms with Crippen molar-refractivity contribution in [2.24, 2.45) is 5.92 Å². The highest BCUT2D eigenvalue weighted by molar-refractivity contribution is 5.97. The summed E-state index contributed by atoms with van der Waals surface area (Å²) in [7, 11) is 1.51. The maximum absolute atomic E-state index is 12.0. The molecule has 1 aliphatic heterocycles. The van der Waals surface area contributed by atoms with Crippen molar-refractivity contribution in [3.05, 3.63) is 24.0 Å². The van der Waals surface area contributed by atoms with Crippen molar-refractivity contribution < 1.29 is 14.6 Å². The van der Waals surface area contributed by atoms with Gasteiger partial charge in [0.2, 0.25) is 0 Å². The van der Waals surface area contributed by atoms with Crippen molar-refractivity contribution in [2.45, 2.75) is 0 Å². The van der Waals surface area contributed by atoms with Gasteiger partial charge in [-0.1, -0.05) is 0 Å². The summed E-state index contributed by atoms with van der Waals surface area (Å²) in [6.07, 6.45) is 3.09. The van der Waals surface area contributed by atoms with Gasteiger partial charge in [-0.3, -0.25) is 9.78 Å². The van der Waals surface area contributed by atoms with Gasteiger partial charge >= 0.3 is 0 Å². The predicted octanol–water partition coefficient (Wildman–Crippen LogP) is 0.154. The molecule has 1 saturated heterocycles. The molecule has 1 amide bonds. The van der Waals surface area contributed by atoms with Crippen LogP contribution in [0, 0.1) is 5.92 Å². The molecule has 5 nitrogen and oxygen atoms in total. The van der Waals surface area contributed by atoms with E-state index in [1.807, 2.05) is 0 Å². The Morgan fingerprint density at radius 1 is 1.69 bits per heavy atom. The van der Waals surface area contributed by atoms with Crippen LogP contribution in [0.2, 0.25) is 0 Å². The van der Waals surface area contributed by atoms with Crippen LogP contribution in [0.4, 0.5) is 0 Å². The molecule has 0 spiro atoms. The zero-order valence-corrected chi connectivity index (χ0v) is 9.09. The molecule has 1 aromatic rings. The molecule has 1 aromatic heterocycles. The van der Waals surface area contributed by atoms with E-state index in [2.05, 4.69) is 4.98 Å². The van der Waals surface area contributed by atoms with Gasteiger partial charge in [-0.15, -0.1) is 0 Å². The second-order valence-electron chi connectivity index (χ2n) is 3.83. The van der Waals surface area contributed by atoms with Crippen molar-refractivity contribution in [1.29, 1.82) is 0 Å². The minimum absolute atomic E-state index is 0.0658. The van der Waals surface area contributed by atoms with Crippen molar-refractivity contribution in [3.8, 4) is 5.75 Å². The minimum Gasteiger partial charge on any atom is -0.494 e. The van der Waals surface area contributed by atoms with Crippen LogP contribution in [0.1, 0.15) is 10.4 Å². The van der Waals surface area contributed by atoms with E-state index in [1.54, 1.807) is 17.2 Å². The molecule has 5 heteroatoms. The normalized spacial score (nSPS) is 15.8. The first kappa shape index (κ1) is 10.9. The van der Waals surface area contributed by atoms with Crippen LogP contribution in [0.5, 0.6) is 5.75 Å². The smallest absolute Gasteiger partial charge is 0.257 e. The predicted molar refractivity (Wildman–Crippen MR) is 57.3 cm³/mol. The molecule has 0 atom stereocenters. The third-order valence-corrected chi connectivity index (χ3v) is 2.74. The molecule has 1 aliphatic rings. The average Bonchev–Trinajstić information content (AvgIpc) is 2.27. The Balaban J connectivity index is 2.10. The van der Waals surface area contributed by atoms with Gasteiger partial charge < -0.3 is 14.7 Å². The fourth-order valence-corrected chi connectivity index (χ4v) is 1.74. The van der Waals surface area contributed by atoms with Crippen molar-refractivity contribution >= 4 is 5.91 Å². The Bertz CT molecular complexity index is 389. The van der Waals surface area contributed by atoms with Gasteiger partial charge in [-0.25, -0.2) is 0 Å². The molecule has 0 unspecified atom stereocenters. The van der Waals surface area contributed by atoms with Crippen molar-refractivity contribution in [3.63, 3.8) is 0 Å².